The zero-order valence-corrected chi connectivity index (χ0v) is 18.2. The molecule has 9 nitrogen and oxygen atoms in total. The highest BCUT2D eigenvalue weighted by Gasteiger charge is 2.28. The highest BCUT2D eigenvalue weighted by Crippen LogP contribution is 2.44. The number of carboxylic acid groups (broad SMARTS) is 1. The van der Waals surface area contributed by atoms with Crippen LogP contribution in [0.5, 0.6) is 0 Å². The number of carbonyl (C=O) groups is 3. The van der Waals surface area contributed by atoms with Crippen LogP contribution in [0.2, 0.25) is 0 Å². The first-order valence-electron chi connectivity index (χ1n) is 10.8. The van der Waals surface area contributed by atoms with Gasteiger partial charge in [-0.3, -0.25) is 4.79 Å². The lowest BCUT2D eigenvalue weighted by atomic mass is 9.98. The van der Waals surface area contributed by atoms with E-state index in [1.54, 1.807) is 0 Å². The number of carboxylic acids is 1. The molecular formula is C24H28N2O7. The van der Waals surface area contributed by atoms with Crippen molar-refractivity contribution in [1.82, 2.24) is 10.6 Å². The van der Waals surface area contributed by atoms with Gasteiger partial charge in [-0.25, -0.2) is 9.59 Å². The number of hydrogen-bond donors (Lipinski definition) is 4. The van der Waals surface area contributed by atoms with E-state index in [-0.39, 0.29) is 51.7 Å². The predicted octanol–water partition coefficient (Wildman–Crippen LogP) is 1.88. The van der Waals surface area contributed by atoms with Crippen molar-refractivity contribution in [3.8, 4) is 11.1 Å². The summed E-state index contributed by atoms with van der Waals surface area (Å²) >= 11 is 0. The topological polar surface area (TPSA) is 134 Å². The lowest BCUT2D eigenvalue weighted by molar-refractivity contribution is -0.142. The number of ether oxygens (including phenoxy) is 2. The first kappa shape index (κ1) is 24.2. The standard InChI is InChI=1S/C24H28N2O7/c27-12-9-21(23(29)30)26-22(28)10-13-32-14-11-25-24(31)33-15-20-18-7-3-1-5-16(18)17-6-2-4-8-19(17)20/h1-8,20-21,27H,9-15H2,(H,25,31)(H,26,28)(H,29,30). The summed E-state index contributed by atoms with van der Waals surface area (Å²) in [5.41, 5.74) is 4.59. The number of alkyl carbamates (subject to hydrolysis) is 1. The number of rotatable bonds is 12. The summed E-state index contributed by atoms with van der Waals surface area (Å²) in [5.74, 6) is -1.70. The fourth-order valence-corrected chi connectivity index (χ4v) is 3.79. The van der Waals surface area contributed by atoms with Crippen LogP contribution in [0.25, 0.3) is 11.1 Å². The Kier molecular flexibility index (Phi) is 8.79. The molecule has 0 aliphatic heterocycles. The molecular weight excluding hydrogens is 428 g/mol. The van der Waals surface area contributed by atoms with E-state index in [4.69, 9.17) is 19.7 Å². The first-order chi connectivity index (χ1) is 16.0. The number of carbonyl (C=O) groups excluding carboxylic acids is 2. The van der Waals surface area contributed by atoms with Crippen LogP contribution in [0, 0.1) is 0 Å². The number of aliphatic hydroxyl groups excluding tert-OH is 1. The molecule has 3 rings (SSSR count). The molecule has 1 atom stereocenters. The molecule has 1 aliphatic rings. The third-order valence-corrected chi connectivity index (χ3v) is 5.38. The molecule has 9 heteroatoms. The van der Waals surface area contributed by atoms with E-state index in [0.717, 1.165) is 22.3 Å². The molecule has 0 bridgehead atoms. The summed E-state index contributed by atoms with van der Waals surface area (Å²) in [6.07, 6.45) is -0.641. The summed E-state index contributed by atoms with van der Waals surface area (Å²) in [7, 11) is 0. The van der Waals surface area contributed by atoms with Crippen molar-refractivity contribution < 1.29 is 34.1 Å². The van der Waals surface area contributed by atoms with Crippen molar-refractivity contribution in [1.29, 1.82) is 0 Å². The van der Waals surface area contributed by atoms with E-state index in [9.17, 15) is 14.4 Å². The Hall–Kier alpha value is -3.43. The van der Waals surface area contributed by atoms with Crippen LogP contribution >= 0.6 is 0 Å². The fraction of sp³-hybridized carbons (Fsp3) is 0.375. The lowest BCUT2D eigenvalue weighted by Gasteiger charge is -2.15. The molecule has 4 N–H and O–H groups in total. The molecule has 33 heavy (non-hydrogen) atoms. The number of aliphatic hydroxyl groups is 1. The largest absolute Gasteiger partial charge is 0.480 e. The van der Waals surface area contributed by atoms with Gasteiger partial charge < -0.3 is 30.3 Å². The molecule has 0 aromatic heterocycles. The van der Waals surface area contributed by atoms with Crippen molar-refractivity contribution in [2.24, 2.45) is 0 Å². The molecule has 0 saturated carbocycles. The Bertz CT molecular complexity index is 933. The Labute approximate surface area is 191 Å². The van der Waals surface area contributed by atoms with Gasteiger partial charge in [-0.2, -0.15) is 0 Å². The van der Waals surface area contributed by atoms with Crippen molar-refractivity contribution in [2.45, 2.75) is 24.8 Å². The quantitative estimate of drug-likeness (QED) is 0.358. The molecule has 0 spiro atoms. The van der Waals surface area contributed by atoms with E-state index in [1.165, 1.54) is 0 Å². The van der Waals surface area contributed by atoms with Gasteiger partial charge in [-0.1, -0.05) is 48.5 Å². The van der Waals surface area contributed by atoms with Gasteiger partial charge in [0.2, 0.25) is 5.91 Å². The monoisotopic (exact) mass is 456 g/mol. The third kappa shape index (κ3) is 6.53. The number of benzene rings is 2. The molecule has 0 fully saturated rings. The second-order valence-corrected chi connectivity index (χ2v) is 7.59. The van der Waals surface area contributed by atoms with Gasteiger partial charge in [-0.15, -0.1) is 0 Å². The lowest BCUT2D eigenvalue weighted by Crippen LogP contribution is -2.41. The third-order valence-electron chi connectivity index (χ3n) is 5.38. The van der Waals surface area contributed by atoms with Crippen LogP contribution in [0.4, 0.5) is 4.79 Å². The maximum atomic E-state index is 12.1. The Morgan fingerprint density at radius 3 is 2.21 bits per heavy atom. The van der Waals surface area contributed by atoms with E-state index < -0.39 is 24.0 Å². The van der Waals surface area contributed by atoms with Crippen molar-refractivity contribution in [2.75, 3.05) is 33.0 Å². The molecule has 1 unspecified atom stereocenters. The summed E-state index contributed by atoms with van der Waals surface area (Å²) < 4.78 is 10.7. The highest BCUT2D eigenvalue weighted by molar-refractivity contribution is 5.83. The van der Waals surface area contributed by atoms with Crippen LogP contribution in [0.3, 0.4) is 0 Å². The van der Waals surface area contributed by atoms with Gasteiger partial charge >= 0.3 is 12.1 Å². The van der Waals surface area contributed by atoms with Gasteiger partial charge in [0.05, 0.1) is 13.2 Å². The van der Waals surface area contributed by atoms with Crippen molar-refractivity contribution in [3.63, 3.8) is 0 Å². The number of aliphatic carboxylic acids is 1. The van der Waals surface area contributed by atoms with Crippen LogP contribution in [-0.2, 0) is 19.1 Å². The summed E-state index contributed by atoms with van der Waals surface area (Å²) in [6, 6.07) is 15.1. The molecule has 0 radical (unpaired) electrons. The number of fused-ring (bicyclic) bond motifs is 3. The number of nitrogens with one attached hydrogen (secondary N) is 2. The minimum absolute atomic E-state index is 0.0154. The predicted molar refractivity (Wildman–Crippen MR) is 120 cm³/mol. The summed E-state index contributed by atoms with van der Waals surface area (Å²) in [4.78, 5) is 34.8. The fourth-order valence-electron chi connectivity index (χ4n) is 3.79. The Balaban J connectivity index is 1.33. The maximum absolute atomic E-state index is 12.1. The van der Waals surface area contributed by atoms with E-state index in [0.29, 0.717) is 0 Å². The SMILES string of the molecule is O=C(CCOCCNC(=O)OCC1c2ccccc2-c2ccccc21)NC(CCO)C(=O)O. The number of hydrogen-bond acceptors (Lipinski definition) is 6. The maximum Gasteiger partial charge on any atom is 0.407 e. The minimum atomic E-state index is -1.20. The van der Waals surface area contributed by atoms with Gasteiger partial charge in [0, 0.05) is 31.9 Å². The van der Waals surface area contributed by atoms with Crippen LogP contribution in [-0.4, -0.2) is 67.2 Å². The van der Waals surface area contributed by atoms with Crippen LogP contribution in [0.15, 0.2) is 48.5 Å². The van der Waals surface area contributed by atoms with E-state index >= 15 is 0 Å². The normalized spacial score (nSPS) is 13.0. The molecule has 0 saturated heterocycles. The first-order valence-corrected chi connectivity index (χ1v) is 10.8. The van der Waals surface area contributed by atoms with Gasteiger partial charge in [0.1, 0.15) is 12.6 Å². The Morgan fingerprint density at radius 1 is 0.970 bits per heavy atom. The van der Waals surface area contributed by atoms with E-state index in [2.05, 4.69) is 22.8 Å². The number of amides is 2. The minimum Gasteiger partial charge on any atom is -0.480 e. The molecule has 0 heterocycles. The van der Waals surface area contributed by atoms with Crippen LogP contribution < -0.4 is 10.6 Å². The average molecular weight is 456 g/mol. The molecule has 2 amide bonds. The zero-order chi connectivity index (χ0) is 23.6. The second-order valence-electron chi connectivity index (χ2n) is 7.59. The zero-order valence-electron chi connectivity index (χ0n) is 18.2. The Morgan fingerprint density at radius 2 is 1.61 bits per heavy atom. The van der Waals surface area contributed by atoms with Crippen LogP contribution in [0.1, 0.15) is 29.9 Å². The van der Waals surface area contributed by atoms with Gasteiger partial charge in [-0.05, 0) is 22.3 Å². The molecule has 2 aromatic carbocycles. The van der Waals surface area contributed by atoms with Crippen molar-refractivity contribution >= 4 is 18.0 Å². The van der Waals surface area contributed by atoms with Gasteiger partial charge in [0.15, 0.2) is 0 Å². The van der Waals surface area contributed by atoms with Gasteiger partial charge in [0.25, 0.3) is 0 Å². The average Bonchev–Trinajstić information content (AvgIpc) is 3.13. The van der Waals surface area contributed by atoms with E-state index in [1.807, 2.05) is 36.4 Å². The molecule has 1 aliphatic carbocycles. The molecule has 176 valence electrons. The highest BCUT2D eigenvalue weighted by atomic mass is 16.5. The second kappa shape index (κ2) is 12.0. The smallest absolute Gasteiger partial charge is 0.407 e. The summed E-state index contributed by atoms with van der Waals surface area (Å²) in [5, 5.41) is 22.7. The van der Waals surface area contributed by atoms with Crippen molar-refractivity contribution in [3.05, 3.63) is 59.7 Å². The summed E-state index contributed by atoms with van der Waals surface area (Å²) in [6.45, 7) is 0.343. The molecule has 2 aromatic rings.